The normalized spacial score (nSPS) is 11.1. The van der Waals surface area contributed by atoms with Gasteiger partial charge < -0.3 is 15.5 Å². The number of carbonyl (C=O) groups excluding carboxylic acids is 2. The summed E-state index contributed by atoms with van der Waals surface area (Å²) in [5.74, 6) is -1.51. The van der Waals surface area contributed by atoms with Gasteiger partial charge in [-0.1, -0.05) is 0 Å². The van der Waals surface area contributed by atoms with E-state index >= 15 is 0 Å². The van der Waals surface area contributed by atoms with E-state index in [0.29, 0.717) is 0 Å². The smallest absolute Gasteiger partial charge is 0.292 e. The van der Waals surface area contributed by atoms with Crippen molar-refractivity contribution in [2.24, 2.45) is 0 Å². The number of ketones is 1. The highest BCUT2D eigenvalue weighted by Gasteiger charge is 2.22. The van der Waals surface area contributed by atoms with E-state index < -0.39 is 23.8 Å². The molecule has 0 saturated carbocycles. The van der Waals surface area contributed by atoms with Crippen molar-refractivity contribution in [1.82, 2.24) is 5.32 Å². The van der Waals surface area contributed by atoms with Crippen LogP contribution >= 0.6 is 0 Å². The summed E-state index contributed by atoms with van der Waals surface area (Å²) in [5.41, 5.74) is -0.147. The summed E-state index contributed by atoms with van der Waals surface area (Å²) < 4.78 is 0. The molecule has 0 aliphatic heterocycles. The summed E-state index contributed by atoms with van der Waals surface area (Å²) in [6, 6.07) is 3.93. The largest absolute Gasteiger partial charge is 0.508 e. The van der Waals surface area contributed by atoms with Gasteiger partial charge in [-0.3, -0.25) is 9.59 Å². The fourth-order valence-corrected chi connectivity index (χ4v) is 1.38. The van der Waals surface area contributed by atoms with Crippen LogP contribution in [0.4, 0.5) is 0 Å². The highest BCUT2D eigenvalue weighted by molar-refractivity contribution is 6.43. The van der Waals surface area contributed by atoms with Crippen molar-refractivity contribution in [3.8, 4) is 5.75 Å². The van der Waals surface area contributed by atoms with Gasteiger partial charge in [-0.15, -0.1) is 0 Å². The van der Waals surface area contributed by atoms with E-state index in [1.54, 1.807) is 20.8 Å². The quantitative estimate of drug-likeness (QED) is 0.552. The number of aromatic hydroxyl groups is 1. The molecule has 5 nitrogen and oxygen atoms in total. The number of phenols is 1. The van der Waals surface area contributed by atoms with Gasteiger partial charge in [-0.2, -0.15) is 0 Å². The molecule has 0 spiro atoms. The average Bonchev–Trinajstić information content (AvgIpc) is 2.26. The van der Waals surface area contributed by atoms with Gasteiger partial charge in [0.2, 0.25) is 5.78 Å². The van der Waals surface area contributed by atoms with E-state index in [1.165, 1.54) is 18.2 Å². The monoisotopic (exact) mass is 251 g/mol. The number of hydrogen-bond acceptors (Lipinski definition) is 4. The van der Waals surface area contributed by atoms with Gasteiger partial charge in [0.25, 0.3) is 5.91 Å². The van der Waals surface area contributed by atoms with Crippen LogP contribution in [0, 0.1) is 0 Å². The Morgan fingerprint density at radius 2 is 1.89 bits per heavy atom. The summed E-state index contributed by atoms with van der Waals surface area (Å²) in [5, 5.41) is 20.9. The Hall–Kier alpha value is -1.88. The summed E-state index contributed by atoms with van der Waals surface area (Å²) >= 11 is 0. The van der Waals surface area contributed by atoms with Gasteiger partial charge >= 0.3 is 0 Å². The lowest BCUT2D eigenvalue weighted by molar-refractivity contribution is -0.118. The number of benzene rings is 1. The third kappa shape index (κ3) is 3.56. The second-order valence-corrected chi connectivity index (χ2v) is 5.03. The molecule has 18 heavy (non-hydrogen) atoms. The van der Waals surface area contributed by atoms with Gasteiger partial charge in [-0.25, -0.2) is 0 Å². The number of hydrogen-bond donors (Lipinski definition) is 3. The zero-order chi connectivity index (χ0) is 13.9. The van der Waals surface area contributed by atoms with E-state index in [1.807, 2.05) is 0 Å². The minimum Gasteiger partial charge on any atom is -0.508 e. The van der Waals surface area contributed by atoms with Gasteiger partial charge in [0.15, 0.2) is 0 Å². The summed E-state index contributed by atoms with van der Waals surface area (Å²) in [4.78, 5) is 23.5. The number of aliphatic hydroxyl groups is 1. The van der Waals surface area contributed by atoms with Crippen molar-refractivity contribution in [1.29, 1.82) is 0 Å². The zero-order valence-electron chi connectivity index (χ0n) is 10.7. The minimum atomic E-state index is -0.711. The first-order chi connectivity index (χ1) is 8.24. The zero-order valence-corrected chi connectivity index (χ0v) is 10.7. The lowest BCUT2D eigenvalue weighted by Crippen LogP contribution is -2.44. The van der Waals surface area contributed by atoms with Crippen molar-refractivity contribution in [2.45, 2.75) is 32.9 Å². The average molecular weight is 251 g/mol. The molecule has 5 heteroatoms. The number of Topliss-reactive ketones (excluding diaryl/α,β-unsaturated/α-hetero) is 1. The van der Waals surface area contributed by atoms with Crippen LogP contribution in [-0.2, 0) is 11.4 Å². The summed E-state index contributed by atoms with van der Waals surface area (Å²) in [6.07, 6.45) is 0. The molecule has 1 amide bonds. The molecule has 0 bridgehead atoms. The number of aliphatic hydroxyl groups excluding tert-OH is 1. The van der Waals surface area contributed by atoms with Crippen LogP contribution < -0.4 is 5.32 Å². The van der Waals surface area contributed by atoms with E-state index in [2.05, 4.69) is 5.32 Å². The van der Waals surface area contributed by atoms with Crippen LogP contribution in [0.25, 0.3) is 0 Å². The number of carbonyl (C=O) groups is 2. The molecule has 1 aromatic rings. The van der Waals surface area contributed by atoms with Gasteiger partial charge in [-0.05, 0) is 39.0 Å². The fourth-order valence-electron chi connectivity index (χ4n) is 1.38. The molecule has 0 heterocycles. The maximum absolute atomic E-state index is 11.8. The molecule has 0 atom stereocenters. The third-order valence-electron chi connectivity index (χ3n) is 2.21. The number of rotatable bonds is 3. The maximum Gasteiger partial charge on any atom is 0.292 e. The van der Waals surface area contributed by atoms with Gasteiger partial charge in [0.1, 0.15) is 5.75 Å². The van der Waals surface area contributed by atoms with Crippen molar-refractivity contribution < 1.29 is 19.8 Å². The van der Waals surface area contributed by atoms with Crippen LogP contribution in [0.2, 0.25) is 0 Å². The molecule has 0 fully saturated rings. The molecule has 0 unspecified atom stereocenters. The number of amides is 1. The molecule has 0 aromatic heterocycles. The SMILES string of the molecule is CC(C)(C)NC(=O)C(=O)c1ccc(O)c(CO)c1. The summed E-state index contributed by atoms with van der Waals surface area (Å²) in [6.45, 7) is 4.92. The highest BCUT2D eigenvalue weighted by Crippen LogP contribution is 2.18. The van der Waals surface area contributed by atoms with Crippen molar-refractivity contribution in [3.63, 3.8) is 0 Å². The molecule has 98 valence electrons. The van der Waals surface area contributed by atoms with Crippen molar-refractivity contribution in [2.75, 3.05) is 0 Å². The Morgan fingerprint density at radius 1 is 1.28 bits per heavy atom. The van der Waals surface area contributed by atoms with E-state index in [4.69, 9.17) is 5.11 Å². The molecule has 3 N–H and O–H groups in total. The predicted octanol–water partition coefficient (Wildman–Crippen LogP) is 0.982. The van der Waals surface area contributed by atoms with E-state index in [-0.39, 0.29) is 16.9 Å². The minimum absolute atomic E-state index is 0.106. The standard InChI is InChI=1S/C13H17NO4/c1-13(2,3)14-12(18)11(17)8-4-5-10(16)9(6-8)7-15/h4-6,15-16H,7H2,1-3H3,(H,14,18). The maximum atomic E-state index is 11.8. The Kier molecular flexibility index (Phi) is 4.08. The Balaban J connectivity index is 2.94. The first-order valence-electron chi connectivity index (χ1n) is 5.54. The van der Waals surface area contributed by atoms with Crippen LogP contribution in [0.1, 0.15) is 36.7 Å². The van der Waals surface area contributed by atoms with Crippen LogP contribution in [0.15, 0.2) is 18.2 Å². The number of nitrogens with one attached hydrogen (secondary N) is 1. The second-order valence-electron chi connectivity index (χ2n) is 5.03. The molecule has 1 rings (SSSR count). The summed E-state index contributed by atoms with van der Waals surface area (Å²) in [7, 11) is 0. The van der Waals surface area contributed by atoms with Crippen LogP contribution in [0.5, 0.6) is 5.75 Å². The molecule has 0 aliphatic rings. The first-order valence-corrected chi connectivity index (χ1v) is 5.54. The molecular formula is C13H17NO4. The first kappa shape index (κ1) is 14.2. The molecule has 0 saturated heterocycles. The van der Waals surface area contributed by atoms with Crippen LogP contribution in [-0.4, -0.2) is 27.4 Å². The Morgan fingerprint density at radius 3 is 2.39 bits per heavy atom. The van der Waals surface area contributed by atoms with Gasteiger partial charge in [0.05, 0.1) is 6.61 Å². The van der Waals surface area contributed by atoms with E-state index in [9.17, 15) is 14.7 Å². The highest BCUT2D eigenvalue weighted by atomic mass is 16.3. The molecular weight excluding hydrogens is 234 g/mol. The molecule has 0 aliphatic carbocycles. The molecule has 0 radical (unpaired) electrons. The topological polar surface area (TPSA) is 86.6 Å². The Bertz CT molecular complexity index is 474. The van der Waals surface area contributed by atoms with Crippen LogP contribution in [0.3, 0.4) is 0 Å². The van der Waals surface area contributed by atoms with Crippen molar-refractivity contribution in [3.05, 3.63) is 29.3 Å². The third-order valence-corrected chi connectivity index (χ3v) is 2.21. The lowest BCUT2D eigenvalue weighted by Gasteiger charge is -2.19. The lowest BCUT2D eigenvalue weighted by atomic mass is 10.0. The van der Waals surface area contributed by atoms with Crippen molar-refractivity contribution >= 4 is 11.7 Å². The second kappa shape index (κ2) is 5.18. The Labute approximate surface area is 105 Å². The predicted molar refractivity (Wildman–Crippen MR) is 66.3 cm³/mol. The van der Waals surface area contributed by atoms with E-state index in [0.717, 1.165) is 0 Å². The van der Waals surface area contributed by atoms with Gasteiger partial charge in [0, 0.05) is 16.7 Å². The molecule has 1 aromatic carbocycles. The fraction of sp³-hybridized carbons (Fsp3) is 0.385.